The summed E-state index contributed by atoms with van der Waals surface area (Å²) >= 11 is 0. The van der Waals surface area contributed by atoms with Gasteiger partial charge in [-0.2, -0.15) is 14.6 Å². The van der Waals surface area contributed by atoms with E-state index in [-0.39, 0.29) is 36.9 Å². The summed E-state index contributed by atoms with van der Waals surface area (Å²) in [4.78, 5) is 8.22. The van der Waals surface area contributed by atoms with Gasteiger partial charge >= 0.3 is 0 Å². The zero-order valence-electron chi connectivity index (χ0n) is 15.8. The number of nitrogens with zero attached hydrogens (tertiary/aromatic N) is 4. The van der Waals surface area contributed by atoms with Crippen molar-refractivity contribution >= 4 is 16.0 Å². The van der Waals surface area contributed by atoms with Crippen molar-refractivity contribution in [2.45, 2.75) is 56.5 Å². The summed E-state index contributed by atoms with van der Waals surface area (Å²) in [5.74, 6) is 0.128. The van der Waals surface area contributed by atoms with Crippen molar-refractivity contribution in [1.29, 1.82) is 5.26 Å². The molecule has 2 aliphatic rings. The van der Waals surface area contributed by atoms with Crippen molar-refractivity contribution < 1.29 is 22.7 Å². The van der Waals surface area contributed by atoms with E-state index in [1.807, 2.05) is 6.07 Å². The van der Waals surface area contributed by atoms with Crippen LogP contribution in [-0.2, 0) is 10.0 Å². The molecule has 9 nitrogen and oxygen atoms in total. The van der Waals surface area contributed by atoms with E-state index in [2.05, 4.69) is 15.3 Å². The Balaban J connectivity index is 1.72. The summed E-state index contributed by atoms with van der Waals surface area (Å²) in [5, 5.41) is 22.5. The first kappa shape index (κ1) is 20.7. The second-order valence-electron chi connectivity index (χ2n) is 7.56. The van der Waals surface area contributed by atoms with Crippen molar-refractivity contribution in [2.24, 2.45) is 0 Å². The van der Waals surface area contributed by atoms with Gasteiger partial charge in [-0.1, -0.05) is 0 Å². The van der Waals surface area contributed by atoms with Crippen molar-refractivity contribution in [3.8, 4) is 11.9 Å². The molecular weight excluding hydrogens is 389 g/mol. The molecule has 2 N–H and O–H groups in total. The lowest BCUT2D eigenvalue weighted by molar-refractivity contribution is -0.0271. The first-order chi connectivity index (χ1) is 13.1. The van der Waals surface area contributed by atoms with Crippen molar-refractivity contribution in [3.05, 3.63) is 11.8 Å². The smallest absolute Gasteiger partial charge is 0.236 e. The highest BCUT2D eigenvalue weighted by molar-refractivity contribution is 7.88. The lowest BCUT2D eigenvalue weighted by Gasteiger charge is -2.33. The van der Waals surface area contributed by atoms with Gasteiger partial charge < -0.3 is 15.2 Å². The van der Waals surface area contributed by atoms with E-state index < -0.39 is 33.9 Å². The Kier molecular flexibility index (Phi) is 5.74. The second kappa shape index (κ2) is 7.77. The molecule has 0 bridgehead atoms. The van der Waals surface area contributed by atoms with E-state index in [1.54, 1.807) is 6.92 Å². The normalized spacial score (nSPS) is 31.3. The van der Waals surface area contributed by atoms with Crippen LogP contribution < -0.4 is 10.1 Å². The number of hydrogen-bond donors (Lipinski definition) is 2. The number of rotatable bonds is 5. The number of hydrogen-bond acceptors (Lipinski definition) is 8. The third-order valence-electron chi connectivity index (χ3n) is 5.26. The van der Waals surface area contributed by atoms with Gasteiger partial charge in [0.15, 0.2) is 0 Å². The first-order valence-electron chi connectivity index (χ1n) is 9.12. The minimum absolute atomic E-state index is 0.0381. The van der Waals surface area contributed by atoms with Crippen LogP contribution in [0.3, 0.4) is 0 Å². The average molecular weight is 413 g/mol. The van der Waals surface area contributed by atoms with Gasteiger partial charge in [0, 0.05) is 13.1 Å². The molecule has 1 aliphatic carbocycles. The predicted molar refractivity (Wildman–Crippen MR) is 99.0 cm³/mol. The number of aromatic nitrogens is 2. The standard InChI is InChI=1S/C17H24FN5O4S/c1-17(24)6-3-4-14(17)27-15-11(8-19)9-20-16(22-15)21-13-5-7-23(10-12(13)18)28(2,25)26/h9,12-14,24H,3-7,10H2,1-2H3,(H,20,21,22)/t12-,13+,14+,17+/m0/s1. The molecule has 3 rings (SSSR count). The molecule has 154 valence electrons. The Morgan fingerprint density at radius 3 is 2.82 bits per heavy atom. The van der Waals surface area contributed by atoms with Crippen LogP contribution >= 0.6 is 0 Å². The van der Waals surface area contributed by atoms with Gasteiger partial charge in [-0.3, -0.25) is 0 Å². The summed E-state index contributed by atoms with van der Waals surface area (Å²) in [5.41, 5.74) is -0.884. The van der Waals surface area contributed by atoms with Crippen LogP contribution in [0.5, 0.6) is 5.88 Å². The topological polar surface area (TPSA) is 128 Å². The number of halogens is 1. The highest BCUT2D eigenvalue weighted by atomic mass is 32.2. The Labute approximate surface area is 163 Å². The molecule has 1 saturated carbocycles. The monoisotopic (exact) mass is 413 g/mol. The lowest BCUT2D eigenvalue weighted by Crippen LogP contribution is -2.49. The van der Waals surface area contributed by atoms with Gasteiger partial charge in [0.2, 0.25) is 21.9 Å². The van der Waals surface area contributed by atoms with Gasteiger partial charge in [0.1, 0.15) is 23.9 Å². The fourth-order valence-electron chi connectivity index (χ4n) is 3.55. The van der Waals surface area contributed by atoms with Gasteiger partial charge in [0.25, 0.3) is 0 Å². The van der Waals surface area contributed by atoms with Crippen molar-refractivity contribution in [1.82, 2.24) is 14.3 Å². The molecule has 0 aromatic carbocycles. The molecule has 0 spiro atoms. The molecule has 0 unspecified atom stereocenters. The lowest BCUT2D eigenvalue weighted by atomic mass is 10.0. The van der Waals surface area contributed by atoms with E-state index in [0.29, 0.717) is 12.8 Å². The molecule has 11 heteroatoms. The van der Waals surface area contributed by atoms with Crippen molar-refractivity contribution in [2.75, 3.05) is 24.7 Å². The zero-order chi connectivity index (χ0) is 20.5. The van der Waals surface area contributed by atoms with Crippen LogP contribution in [0.15, 0.2) is 6.20 Å². The second-order valence-corrected chi connectivity index (χ2v) is 9.54. The van der Waals surface area contributed by atoms with Crippen LogP contribution in [0.4, 0.5) is 10.3 Å². The fourth-order valence-corrected chi connectivity index (χ4v) is 4.40. The Morgan fingerprint density at radius 2 is 2.25 bits per heavy atom. The van der Waals surface area contributed by atoms with Gasteiger partial charge in [-0.25, -0.2) is 17.8 Å². The van der Waals surface area contributed by atoms with Gasteiger partial charge in [-0.15, -0.1) is 0 Å². The number of alkyl halides is 1. The predicted octanol–water partition coefficient (Wildman–Crippen LogP) is 0.814. The Bertz CT molecular complexity index is 873. The molecule has 1 aliphatic heterocycles. The van der Waals surface area contributed by atoms with Crippen LogP contribution in [0.25, 0.3) is 0 Å². The first-order valence-corrected chi connectivity index (χ1v) is 11.0. The van der Waals surface area contributed by atoms with E-state index in [4.69, 9.17) is 4.74 Å². The maximum Gasteiger partial charge on any atom is 0.236 e. The molecule has 1 aromatic heterocycles. The number of nitriles is 1. The highest BCUT2D eigenvalue weighted by Crippen LogP contribution is 2.33. The maximum absolute atomic E-state index is 14.4. The van der Waals surface area contributed by atoms with Crippen LogP contribution in [-0.4, -0.2) is 71.1 Å². The Hall–Kier alpha value is -2.03. The number of aliphatic hydroxyl groups is 1. The molecule has 28 heavy (non-hydrogen) atoms. The summed E-state index contributed by atoms with van der Waals surface area (Å²) in [6.45, 7) is 1.64. The summed E-state index contributed by atoms with van der Waals surface area (Å²) in [6.07, 6.45) is 2.71. The maximum atomic E-state index is 14.4. The number of anilines is 1. The molecule has 2 heterocycles. The van der Waals surface area contributed by atoms with E-state index in [0.717, 1.165) is 17.0 Å². The van der Waals surface area contributed by atoms with Crippen LogP contribution in [0.2, 0.25) is 0 Å². The molecule has 4 atom stereocenters. The number of ether oxygens (including phenoxy) is 1. The summed E-state index contributed by atoms with van der Waals surface area (Å²) in [7, 11) is -3.44. The molecule has 0 radical (unpaired) electrons. The summed E-state index contributed by atoms with van der Waals surface area (Å²) < 4.78 is 44.5. The minimum atomic E-state index is -3.44. The van der Waals surface area contributed by atoms with Crippen LogP contribution in [0.1, 0.15) is 38.2 Å². The van der Waals surface area contributed by atoms with E-state index in [1.165, 1.54) is 6.20 Å². The summed E-state index contributed by atoms with van der Waals surface area (Å²) in [6, 6.07) is 1.29. The average Bonchev–Trinajstić information content (AvgIpc) is 2.94. The number of piperidine rings is 1. The van der Waals surface area contributed by atoms with Gasteiger partial charge in [0.05, 0.1) is 24.1 Å². The Morgan fingerprint density at radius 1 is 1.50 bits per heavy atom. The highest BCUT2D eigenvalue weighted by Gasteiger charge is 2.39. The zero-order valence-corrected chi connectivity index (χ0v) is 16.6. The van der Waals surface area contributed by atoms with Crippen molar-refractivity contribution in [3.63, 3.8) is 0 Å². The number of sulfonamides is 1. The SMILES string of the molecule is C[C@@]1(O)CCC[C@H]1Oc1nc(N[C@@H]2CCN(S(C)(=O)=O)C[C@@H]2F)ncc1C#N. The molecule has 1 aromatic rings. The third-order valence-corrected chi connectivity index (χ3v) is 6.53. The van der Waals surface area contributed by atoms with E-state index >= 15 is 0 Å². The fraction of sp³-hybridized carbons (Fsp3) is 0.706. The number of nitrogens with one attached hydrogen (secondary N) is 1. The molecule has 0 amide bonds. The van der Waals surface area contributed by atoms with E-state index in [9.17, 15) is 23.2 Å². The quantitative estimate of drug-likeness (QED) is 0.726. The van der Waals surface area contributed by atoms with Crippen LogP contribution in [0, 0.1) is 11.3 Å². The van der Waals surface area contributed by atoms with Gasteiger partial charge in [-0.05, 0) is 32.6 Å². The molecule has 2 fully saturated rings. The minimum Gasteiger partial charge on any atom is -0.470 e. The molecule has 1 saturated heterocycles. The largest absolute Gasteiger partial charge is 0.470 e. The molecular formula is C17H24FN5O4S. The third kappa shape index (κ3) is 4.51.